The fourth-order valence-corrected chi connectivity index (χ4v) is 3.15. The van der Waals surface area contributed by atoms with Crippen LogP contribution >= 0.6 is 0 Å². The van der Waals surface area contributed by atoms with Gasteiger partial charge in [0.05, 0.1) is 0 Å². The van der Waals surface area contributed by atoms with Crippen molar-refractivity contribution in [1.82, 2.24) is 4.57 Å². The summed E-state index contributed by atoms with van der Waals surface area (Å²) in [5.74, 6) is -0.117. The third kappa shape index (κ3) is 3.69. The first-order chi connectivity index (χ1) is 13.6. The van der Waals surface area contributed by atoms with Gasteiger partial charge in [-0.3, -0.25) is 4.79 Å². The molecule has 5 nitrogen and oxygen atoms in total. The molecule has 0 spiro atoms. The van der Waals surface area contributed by atoms with Gasteiger partial charge in [-0.05, 0) is 72.8 Å². The molecule has 0 saturated carbocycles. The molecule has 5 heteroatoms. The zero-order chi connectivity index (χ0) is 19.5. The van der Waals surface area contributed by atoms with Crippen molar-refractivity contribution in [2.24, 2.45) is 7.05 Å². The van der Waals surface area contributed by atoms with Gasteiger partial charge >= 0.3 is 0 Å². The number of nitrogens with zero attached hydrogens (tertiary/aromatic N) is 1. The van der Waals surface area contributed by atoms with Gasteiger partial charge in [-0.25, -0.2) is 0 Å². The number of carbonyl (C=O) groups is 1. The molecule has 4 aromatic rings. The Morgan fingerprint density at radius 2 is 1.39 bits per heavy atom. The molecule has 28 heavy (non-hydrogen) atoms. The van der Waals surface area contributed by atoms with Gasteiger partial charge in [-0.15, -0.1) is 0 Å². The topological polar surface area (TPSA) is 58.1 Å². The number of benzene rings is 3. The van der Waals surface area contributed by atoms with E-state index in [1.165, 1.54) is 0 Å². The molecule has 0 radical (unpaired) electrons. The van der Waals surface area contributed by atoms with Gasteiger partial charge in [0.2, 0.25) is 0 Å². The summed E-state index contributed by atoms with van der Waals surface area (Å²) in [7, 11) is 3.89. The van der Waals surface area contributed by atoms with E-state index in [1.54, 1.807) is 0 Å². The van der Waals surface area contributed by atoms with Gasteiger partial charge in [0.1, 0.15) is 0 Å². The predicted molar refractivity (Wildman–Crippen MR) is 117 cm³/mol. The minimum absolute atomic E-state index is 0.117. The van der Waals surface area contributed by atoms with Crippen LogP contribution in [0, 0.1) is 0 Å². The van der Waals surface area contributed by atoms with Gasteiger partial charge in [0.15, 0.2) is 0 Å². The highest BCUT2D eigenvalue weighted by Crippen LogP contribution is 2.22. The lowest BCUT2D eigenvalue weighted by Gasteiger charge is -2.10. The van der Waals surface area contributed by atoms with Crippen molar-refractivity contribution in [3.8, 4) is 0 Å². The minimum Gasteiger partial charge on any atom is -0.388 e. The minimum atomic E-state index is -0.117. The van der Waals surface area contributed by atoms with Crippen LogP contribution in [0.3, 0.4) is 0 Å². The van der Waals surface area contributed by atoms with Crippen molar-refractivity contribution >= 4 is 39.6 Å². The van der Waals surface area contributed by atoms with Crippen LogP contribution in [0.5, 0.6) is 0 Å². The van der Waals surface area contributed by atoms with Crippen molar-refractivity contribution < 1.29 is 4.79 Å². The van der Waals surface area contributed by atoms with E-state index in [-0.39, 0.29) is 5.91 Å². The first kappa shape index (κ1) is 17.7. The van der Waals surface area contributed by atoms with Crippen LogP contribution in [-0.2, 0) is 7.05 Å². The number of fused-ring (bicyclic) bond motifs is 1. The van der Waals surface area contributed by atoms with E-state index in [0.29, 0.717) is 5.56 Å². The lowest BCUT2D eigenvalue weighted by atomic mass is 10.1. The van der Waals surface area contributed by atoms with Crippen molar-refractivity contribution in [3.63, 3.8) is 0 Å². The second-order valence-corrected chi connectivity index (χ2v) is 6.68. The van der Waals surface area contributed by atoms with E-state index in [1.807, 2.05) is 97.7 Å². The number of aromatic nitrogens is 1. The Kier molecular flexibility index (Phi) is 4.72. The van der Waals surface area contributed by atoms with Crippen LogP contribution in [0.2, 0.25) is 0 Å². The molecule has 0 aliphatic carbocycles. The molecule has 3 N–H and O–H groups in total. The largest absolute Gasteiger partial charge is 0.388 e. The van der Waals surface area contributed by atoms with Crippen molar-refractivity contribution in [3.05, 3.63) is 84.6 Å². The Labute approximate surface area is 164 Å². The third-order valence-corrected chi connectivity index (χ3v) is 4.75. The lowest BCUT2D eigenvalue weighted by Crippen LogP contribution is -2.11. The maximum Gasteiger partial charge on any atom is 0.255 e. The number of anilines is 4. The van der Waals surface area contributed by atoms with Crippen LogP contribution in [-0.4, -0.2) is 17.5 Å². The number of carbonyl (C=O) groups excluding carboxylic acids is 1. The maximum absolute atomic E-state index is 12.6. The highest BCUT2D eigenvalue weighted by molar-refractivity contribution is 6.06. The molecule has 0 saturated heterocycles. The molecule has 1 amide bonds. The maximum atomic E-state index is 12.6. The zero-order valence-electron chi connectivity index (χ0n) is 15.9. The van der Waals surface area contributed by atoms with Crippen molar-refractivity contribution in [2.45, 2.75) is 0 Å². The highest BCUT2D eigenvalue weighted by Gasteiger charge is 2.08. The summed E-state index contributed by atoms with van der Waals surface area (Å²) in [5.41, 5.74) is 5.54. The van der Waals surface area contributed by atoms with Crippen molar-refractivity contribution in [2.75, 3.05) is 23.0 Å². The average Bonchev–Trinajstić information content (AvgIpc) is 3.10. The number of hydrogen-bond donors (Lipinski definition) is 3. The first-order valence-electron chi connectivity index (χ1n) is 9.14. The van der Waals surface area contributed by atoms with E-state index >= 15 is 0 Å². The number of aryl methyl sites for hydroxylation is 1. The Hall–Kier alpha value is -3.73. The number of hydrogen-bond acceptors (Lipinski definition) is 3. The SMILES string of the molecule is CNc1ccc(Nc2ccc(NC(=O)c3ccc4c(ccn4C)c3)cc2)cc1. The smallest absolute Gasteiger partial charge is 0.255 e. The third-order valence-electron chi connectivity index (χ3n) is 4.75. The van der Waals surface area contributed by atoms with Gasteiger partial charge in [-0.1, -0.05) is 0 Å². The fourth-order valence-electron chi connectivity index (χ4n) is 3.15. The summed E-state index contributed by atoms with van der Waals surface area (Å²) in [6.45, 7) is 0. The molecule has 0 atom stereocenters. The van der Waals surface area contributed by atoms with E-state index in [0.717, 1.165) is 33.7 Å². The molecular weight excluding hydrogens is 348 g/mol. The predicted octanol–water partition coefficient (Wildman–Crippen LogP) is 5.22. The summed E-state index contributed by atoms with van der Waals surface area (Å²) in [6.07, 6.45) is 1.99. The van der Waals surface area contributed by atoms with E-state index in [9.17, 15) is 4.79 Å². The molecule has 1 heterocycles. The fraction of sp³-hybridized carbons (Fsp3) is 0.0870. The molecule has 0 unspecified atom stereocenters. The number of rotatable bonds is 5. The zero-order valence-corrected chi connectivity index (χ0v) is 15.9. The normalized spacial score (nSPS) is 10.6. The molecule has 0 aliphatic heterocycles. The van der Waals surface area contributed by atoms with Crippen LogP contribution in [0.15, 0.2) is 79.0 Å². The summed E-state index contributed by atoms with van der Waals surface area (Å²) in [6, 6.07) is 23.5. The van der Waals surface area contributed by atoms with Gasteiger partial charge in [0, 0.05) is 59.5 Å². The lowest BCUT2D eigenvalue weighted by molar-refractivity contribution is 0.102. The van der Waals surface area contributed by atoms with E-state index in [2.05, 4.69) is 16.0 Å². The molecule has 3 aromatic carbocycles. The monoisotopic (exact) mass is 370 g/mol. The quantitative estimate of drug-likeness (QED) is 0.452. The molecule has 1 aromatic heterocycles. The molecule has 0 bridgehead atoms. The summed E-state index contributed by atoms with van der Waals surface area (Å²) < 4.78 is 2.04. The first-order valence-corrected chi connectivity index (χ1v) is 9.14. The summed E-state index contributed by atoms with van der Waals surface area (Å²) in [5, 5.41) is 10.5. The van der Waals surface area contributed by atoms with Gasteiger partial charge in [-0.2, -0.15) is 0 Å². The molecule has 0 aliphatic rings. The molecular formula is C23H22N4O. The Morgan fingerprint density at radius 1 is 0.786 bits per heavy atom. The second-order valence-electron chi connectivity index (χ2n) is 6.68. The number of nitrogens with one attached hydrogen (secondary N) is 3. The summed E-state index contributed by atoms with van der Waals surface area (Å²) >= 11 is 0. The van der Waals surface area contributed by atoms with Crippen LogP contribution in [0.1, 0.15) is 10.4 Å². The Bertz CT molecular complexity index is 1110. The standard InChI is InChI=1S/C23H22N4O/c1-24-18-4-6-19(7-5-18)25-20-8-10-21(11-9-20)26-23(28)17-3-12-22-16(15-17)13-14-27(22)2/h3-15,24-25H,1-2H3,(H,26,28). The van der Waals surface area contributed by atoms with E-state index < -0.39 is 0 Å². The van der Waals surface area contributed by atoms with Crippen LogP contribution in [0.25, 0.3) is 10.9 Å². The van der Waals surface area contributed by atoms with E-state index in [4.69, 9.17) is 0 Å². The van der Waals surface area contributed by atoms with Gasteiger partial charge < -0.3 is 20.5 Å². The molecule has 140 valence electrons. The van der Waals surface area contributed by atoms with Gasteiger partial charge in [0.25, 0.3) is 5.91 Å². The summed E-state index contributed by atoms with van der Waals surface area (Å²) in [4.78, 5) is 12.6. The highest BCUT2D eigenvalue weighted by atomic mass is 16.1. The Balaban J connectivity index is 1.43. The van der Waals surface area contributed by atoms with Crippen LogP contribution in [0.4, 0.5) is 22.7 Å². The molecule has 0 fully saturated rings. The second kappa shape index (κ2) is 7.48. The Morgan fingerprint density at radius 3 is 2.04 bits per heavy atom. The average molecular weight is 370 g/mol. The van der Waals surface area contributed by atoms with Crippen LogP contribution < -0.4 is 16.0 Å². The van der Waals surface area contributed by atoms with Crippen molar-refractivity contribution in [1.29, 1.82) is 0 Å². The number of amides is 1. The molecule has 4 rings (SSSR count).